The van der Waals surface area contributed by atoms with Gasteiger partial charge < -0.3 is 14.5 Å². The number of anilines is 1. The maximum absolute atomic E-state index is 13.3. The number of aromatic nitrogens is 3. The fourth-order valence-corrected chi connectivity index (χ4v) is 4.07. The number of ether oxygens (including phenoxy) is 1. The van der Waals surface area contributed by atoms with Crippen LogP contribution < -0.4 is 9.64 Å². The number of carbonyl (C=O) groups is 2. The summed E-state index contributed by atoms with van der Waals surface area (Å²) >= 11 is 0. The number of hydrogen-bond acceptors (Lipinski definition) is 5. The molecule has 2 aromatic carbocycles. The lowest BCUT2D eigenvalue weighted by Crippen LogP contribution is -2.36. The maximum atomic E-state index is 13.3. The van der Waals surface area contributed by atoms with Crippen molar-refractivity contribution in [2.24, 2.45) is 5.92 Å². The van der Waals surface area contributed by atoms with Gasteiger partial charge in [0.1, 0.15) is 18.4 Å². The molecule has 3 aromatic rings. The Morgan fingerprint density at radius 3 is 2.62 bits per heavy atom. The summed E-state index contributed by atoms with van der Waals surface area (Å²) in [5.41, 5.74) is 3.65. The molecule has 0 bridgehead atoms. The third-order valence-corrected chi connectivity index (χ3v) is 6.09. The Labute approximate surface area is 187 Å². The van der Waals surface area contributed by atoms with Gasteiger partial charge in [-0.05, 0) is 49.2 Å². The zero-order chi connectivity index (χ0) is 22.8. The molecule has 1 fully saturated rings. The van der Waals surface area contributed by atoms with Gasteiger partial charge in [-0.25, -0.2) is 9.67 Å². The number of amides is 2. The second-order valence-electron chi connectivity index (χ2n) is 8.14. The highest BCUT2D eigenvalue weighted by Gasteiger charge is 2.38. The van der Waals surface area contributed by atoms with Crippen LogP contribution in [0.5, 0.6) is 5.75 Å². The first-order valence-corrected chi connectivity index (χ1v) is 10.6. The standard InChI is InChI=1S/C24H27N5O3/c1-16-5-10-22(32-4)21(11-16)28-13-19(12-23(28)30)24(31)27(3)17(2)18-6-8-20(9-7-18)29-15-25-14-26-29/h5-11,14-15,17,19H,12-13H2,1-4H3. The lowest BCUT2D eigenvalue weighted by Gasteiger charge is -2.28. The summed E-state index contributed by atoms with van der Waals surface area (Å²) in [6, 6.07) is 13.4. The van der Waals surface area contributed by atoms with E-state index in [1.807, 2.05) is 56.3 Å². The average molecular weight is 434 g/mol. The summed E-state index contributed by atoms with van der Waals surface area (Å²) in [4.78, 5) is 33.4. The number of methoxy groups -OCH3 is 1. The van der Waals surface area contributed by atoms with Gasteiger partial charge in [0.25, 0.3) is 0 Å². The number of hydrogen-bond donors (Lipinski definition) is 0. The van der Waals surface area contributed by atoms with Crippen LogP contribution in [0.4, 0.5) is 5.69 Å². The molecule has 2 unspecified atom stereocenters. The predicted octanol–water partition coefficient (Wildman–Crippen LogP) is 3.16. The summed E-state index contributed by atoms with van der Waals surface area (Å²) in [6.07, 6.45) is 3.32. The van der Waals surface area contributed by atoms with Gasteiger partial charge in [0.05, 0.1) is 30.4 Å². The van der Waals surface area contributed by atoms with E-state index in [0.29, 0.717) is 18.0 Å². The van der Waals surface area contributed by atoms with Crippen molar-refractivity contribution in [2.45, 2.75) is 26.3 Å². The van der Waals surface area contributed by atoms with Crippen molar-refractivity contribution in [2.75, 3.05) is 25.6 Å². The molecule has 0 spiro atoms. The number of rotatable bonds is 6. The van der Waals surface area contributed by atoms with E-state index in [1.165, 1.54) is 6.33 Å². The molecule has 0 radical (unpaired) electrons. The molecule has 1 aromatic heterocycles. The molecule has 0 N–H and O–H groups in total. The number of aryl methyl sites for hydroxylation is 1. The molecular weight excluding hydrogens is 406 g/mol. The topological polar surface area (TPSA) is 80.6 Å². The smallest absolute Gasteiger partial charge is 0.228 e. The molecule has 1 aliphatic rings. The molecule has 1 aliphatic heterocycles. The third kappa shape index (κ3) is 4.08. The predicted molar refractivity (Wildman–Crippen MR) is 121 cm³/mol. The highest BCUT2D eigenvalue weighted by molar-refractivity contribution is 6.01. The van der Waals surface area contributed by atoms with Gasteiger partial charge in [-0.2, -0.15) is 5.10 Å². The molecule has 0 aliphatic carbocycles. The van der Waals surface area contributed by atoms with E-state index < -0.39 is 5.92 Å². The Kier molecular flexibility index (Phi) is 5.94. The Morgan fingerprint density at radius 2 is 1.97 bits per heavy atom. The van der Waals surface area contributed by atoms with E-state index in [1.54, 1.807) is 35.0 Å². The lowest BCUT2D eigenvalue weighted by molar-refractivity contribution is -0.136. The summed E-state index contributed by atoms with van der Waals surface area (Å²) in [5, 5.41) is 4.13. The monoisotopic (exact) mass is 433 g/mol. The third-order valence-electron chi connectivity index (χ3n) is 6.09. The molecule has 2 heterocycles. The van der Waals surface area contributed by atoms with Crippen LogP contribution in [0.15, 0.2) is 55.1 Å². The Balaban J connectivity index is 1.47. The fraction of sp³-hybridized carbons (Fsp3) is 0.333. The summed E-state index contributed by atoms with van der Waals surface area (Å²) < 4.78 is 7.12. The highest BCUT2D eigenvalue weighted by atomic mass is 16.5. The number of nitrogens with zero attached hydrogens (tertiary/aromatic N) is 5. The first-order valence-electron chi connectivity index (χ1n) is 10.6. The van der Waals surface area contributed by atoms with Crippen LogP contribution in [0, 0.1) is 12.8 Å². The molecular formula is C24H27N5O3. The second-order valence-corrected chi connectivity index (χ2v) is 8.14. The van der Waals surface area contributed by atoms with Crippen LogP contribution in [0.3, 0.4) is 0 Å². The molecule has 8 nitrogen and oxygen atoms in total. The number of carbonyl (C=O) groups excluding carboxylic acids is 2. The zero-order valence-corrected chi connectivity index (χ0v) is 18.7. The first kappa shape index (κ1) is 21.5. The van der Waals surface area contributed by atoms with E-state index in [0.717, 1.165) is 16.8 Å². The van der Waals surface area contributed by atoms with Crippen molar-refractivity contribution in [3.05, 3.63) is 66.2 Å². The minimum Gasteiger partial charge on any atom is -0.495 e. The van der Waals surface area contributed by atoms with Crippen LogP contribution >= 0.6 is 0 Å². The van der Waals surface area contributed by atoms with E-state index in [2.05, 4.69) is 10.1 Å². The van der Waals surface area contributed by atoms with Crippen molar-refractivity contribution in [3.8, 4) is 11.4 Å². The van der Waals surface area contributed by atoms with E-state index in [4.69, 9.17) is 4.74 Å². The van der Waals surface area contributed by atoms with Crippen LogP contribution in [-0.2, 0) is 9.59 Å². The lowest BCUT2D eigenvalue weighted by atomic mass is 10.0. The van der Waals surface area contributed by atoms with Gasteiger partial charge in [-0.1, -0.05) is 18.2 Å². The molecule has 8 heteroatoms. The highest BCUT2D eigenvalue weighted by Crippen LogP contribution is 2.35. The van der Waals surface area contributed by atoms with Crippen LogP contribution in [0.1, 0.15) is 30.5 Å². The molecule has 0 saturated carbocycles. The molecule has 1 saturated heterocycles. The maximum Gasteiger partial charge on any atom is 0.228 e. The zero-order valence-electron chi connectivity index (χ0n) is 18.7. The second kappa shape index (κ2) is 8.82. The van der Waals surface area contributed by atoms with Crippen LogP contribution in [0.25, 0.3) is 5.69 Å². The van der Waals surface area contributed by atoms with E-state index in [-0.39, 0.29) is 24.3 Å². The van der Waals surface area contributed by atoms with Gasteiger partial charge in [-0.15, -0.1) is 0 Å². The SMILES string of the molecule is COc1ccc(C)cc1N1CC(C(=O)N(C)C(C)c2ccc(-n3cncn3)cc2)CC1=O. The van der Waals surface area contributed by atoms with Crippen molar-refractivity contribution >= 4 is 17.5 Å². The van der Waals surface area contributed by atoms with Crippen LogP contribution in [-0.4, -0.2) is 52.2 Å². The molecule has 166 valence electrons. The summed E-state index contributed by atoms with van der Waals surface area (Å²) in [5.74, 6) is 0.131. The van der Waals surface area contributed by atoms with Gasteiger partial charge >= 0.3 is 0 Å². The molecule has 4 rings (SSSR count). The minimum absolute atomic E-state index is 0.0414. The largest absolute Gasteiger partial charge is 0.495 e. The van der Waals surface area contributed by atoms with Crippen molar-refractivity contribution in [1.29, 1.82) is 0 Å². The molecule has 2 atom stereocenters. The minimum atomic E-state index is -0.394. The Morgan fingerprint density at radius 1 is 1.22 bits per heavy atom. The normalized spacial score (nSPS) is 16.8. The fourth-order valence-electron chi connectivity index (χ4n) is 4.07. The molecule has 32 heavy (non-hydrogen) atoms. The number of benzene rings is 2. The van der Waals surface area contributed by atoms with Crippen LogP contribution in [0.2, 0.25) is 0 Å². The Bertz CT molecular complexity index is 1110. The Hall–Kier alpha value is -3.68. The van der Waals surface area contributed by atoms with Gasteiger partial charge in [0.2, 0.25) is 11.8 Å². The summed E-state index contributed by atoms with van der Waals surface area (Å²) in [6.45, 7) is 4.30. The van der Waals surface area contributed by atoms with Crippen molar-refractivity contribution in [1.82, 2.24) is 19.7 Å². The van der Waals surface area contributed by atoms with Crippen molar-refractivity contribution in [3.63, 3.8) is 0 Å². The first-order chi connectivity index (χ1) is 15.4. The quantitative estimate of drug-likeness (QED) is 0.597. The van der Waals surface area contributed by atoms with Gasteiger partial charge in [-0.3, -0.25) is 9.59 Å². The summed E-state index contributed by atoms with van der Waals surface area (Å²) in [7, 11) is 3.37. The van der Waals surface area contributed by atoms with E-state index >= 15 is 0 Å². The average Bonchev–Trinajstić information content (AvgIpc) is 3.48. The van der Waals surface area contributed by atoms with Crippen molar-refractivity contribution < 1.29 is 14.3 Å². The van der Waals surface area contributed by atoms with E-state index in [9.17, 15) is 9.59 Å². The van der Waals surface area contributed by atoms with Gasteiger partial charge in [0, 0.05) is 20.0 Å². The molecule has 2 amide bonds. The van der Waals surface area contributed by atoms with Gasteiger partial charge in [0.15, 0.2) is 0 Å².